The predicted molar refractivity (Wildman–Crippen MR) is 46.6 cm³/mol. The number of rotatable bonds is 1. The summed E-state index contributed by atoms with van der Waals surface area (Å²) in [5.41, 5.74) is 0. The third-order valence-corrected chi connectivity index (χ3v) is 2.37. The molecule has 0 fully saturated rings. The quantitative estimate of drug-likeness (QED) is 0.569. The first-order valence-corrected chi connectivity index (χ1v) is 4.56. The molecule has 1 unspecified atom stereocenters. The van der Waals surface area contributed by atoms with Crippen molar-refractivity contribution in [3.8, 4) is 0 Å². The van der Waals surface area contributed by atoms with E-state index in [0.29, 0.717) is 0 Å². The Balaban J connectivity index is 2.32. The summed E-state index contributed by atoms with van der Waals surface area (Å²) >= 11 is 0. The highest BCUT2D eigenvalue weighted by Crippen LogP contribution is 2.17. The number of hydrogen-bond acceptors (Lipinski definition) is 3. The second-order valence-corrected chi connectivity index (χ2v) is 2.99. The van der Waals surface area contributed by atoms with Crippen molar-refractivity contribution < 1.29 is 0 Å². The van der Waals surface area contributed by atoms with Gasteiger partial charge in [-0.3, -0.25) is 4.57 Å². The first-order valence-electron chi connectivity index (χ1n) is 3.74. The zero-order valence-electron chi connectivity index (χ0n) is 6.27. The fraction of sp³-hybridized carbons (Fsp3) is 0.667. The van der Waals surface area contributed by atoms with Crippen LogP contribution in [0.5, 0.6) is 0 Å². The van der Waals surface area contributed by atoms with Gasteiger partial charge in [-0.05, 0) is 6.42 Å². The molecule has 0 saturated heterocycles. The van der Waals surface area contributed by atoms with Crippen molar-refractivity contribution >= 4 is 15.2 Å². The molecule has 1 aliphatic rings. The van der Waals surface area contributed by atoms with Crippen LogP contribution in [0.4, 0.5) is 5.95 Å². The van der Waals surface area contributed by atoms with Gasteiger partial charge >= 0.3 is 0 Å². The SMILES string of the molecule is PCN1CCCn2cnnc21. The molecule has 5 heteroatoms. The Morgan fingerprint density at radius 2 is 2.45 bits per heavy atom. The fourth-order valence-corrected chi connectivity index (χ4v) is 1.70. The van der Waals surface area contributed by atoms with Gasteiger partial charge in [-0.2, -0.15) is 0 Å². The Labute approximate surface area is 67.8 Å². The van der Waals surface area contributed by atoms with Gasteiger partial charge in [-0.15, -0.1) is 19.4 Å². The maximum atomic E-state index is 4.03. The van der Waals surface area contributed by atoms with Gasteiger partial charge in [-0.1, -0.05) is 0 Å². The lowest BCUT2D eigenvalue weighted by atomic mass is 10.3. The molecule has 0 N–H and O–H groups in total. The van der Waals surface area contributed by atoms with Crippen LogP contribution in [-0.2, 0) is 6.54 Å². The van der Waals surface area contributed by atoms with Gasteiger partial charge in [0, 0.05) is 19.4 Å². The Bertz CT molecular complexity index is 246. The number of anilines is 1. The molecule has 2 rings (SSSR count). The van der Waals surface area contributed by atoms with Crippen LogP contribution in [0.3, 0.4) is 0 Å². The zero-order valence-corrected chi connectivity index (χ0v) is 7.43. The molecule has 0 bridgehead atoms. The minimum Gasteiger partial charge on any atom is -0.337 e. The molecule has 0 amide bonds. The Hall–Kier alpha value is -0.630. The van der Waals surface area contributed by atoms with Gasteiger partial charge < -0.3 is 4.90 Å². The van der Waals surface area contributed by atoms with Crippen LogP contribution in [0.15, 0.2) is 6.33 Å². The third-order valence-electron chi connectivity index (χ3n) is 1.93. The van der Waals surface area contributed by atoms with E-state index in [-0.39, 0.29) is 0 Å². The molecule has 0 saturated carbocycles. The first-order chi connectivity index (χ1) is 5.42. The summed E-state index contributed by atoms with van der Waals surface area (Å²) in [6.07, 6.45) is 3.93. The average Bonchev–Trinajstić information content (AvgIpc) is 2.50. The Kier molecular flexibility index (Phi) is 1.78. The van der Waals surface area contributed by atoms with Gasteiger partial charge in [-0.25, -0.2) is 0 Å². The van der Waals surface area contributed by atoms with Crippen LogP contribution in [0.1, 0.15) is 6.42 Å². The van der Waals surface area contributed by atoms with E-state index in [0.717, 1.165) is 25.3 Å². The number of hydrogen-bond donors (Lipinski definition) is 0. The normalized spacial score (nSPS) is 16.6. The molecule has 60 valence electrons. The highest BCUT2D eigenvalue weighted by Gasteiger charge is 2.15. The van der Waals surface area contributed by atoms with E-state index in [9.17, 15) is 0 Å². The average molecular weight is 170 g/mol. The van der Waals surface area contributed by atoms with Crippen LogP contribution in [0, 0.1) is 0 Å². The first kappa shape index (κ1) is 7.04. The topological polar surface area (TPSA) is 34.0 Å². The summed E-state index contributed by atoms with van der Waals surface area (Å²) in [6, 6.07) is 0. The summed E-state index contributed by atoms with van der Waals surface area (Å²) in [4.78, 5) is 2.21. The van der Waals surface area contributed by atoms with Gasteiger partial charge in [0.05, 0.1) is 0 Å². The van der Waals surface area contributed by atoms with Crippen molar-refractivity contribution in [2.75, 3.05) is 17.7 Å². The number of aromatic nitrogens is 3. The number of fused-ring (bicyclic) bond motifs is 1. The number of aryl methyl sites for hydroxylation is 1. The summed E-state index contributed by atoms with van der Waals surface area (Å²) in [7, 11) is 2.71. The van der Waals surface area contributed by atoms with Crippen LogP contribution in [-0.4, -0.2) is 27.6 Å². The maximum Gasteiger partial charge on any atom is 0.227 e. The molecule has 0 radical (unpaired) electrons. The monoisotopic (exact) mass is 170 g/mol. The second-order valence-electron chi connectivity index (χ2n) is 2.62. The molecular formula is C6H11N4P. The summed E-state index contributed by atoms with van der Waals surface area (Å²) in [6.45, 7) is 2.16. The zero-order chi connectivity index (χ0) is 7.68. The van der Waals surface area contributed by atoms with E-state index >= 15 is 0 Å². The predicted octanol–water partition coefficient (Wildman–Crippen LogP) is 0.321. The molecule has 0 spiro atoms. The van der Waals surface area contributed by atoms with Crippen molar-refractivity contribution in [2.45, 2.75) is 13.0 Å². The van der Waals surface area contributed by atoms with Crippen LogP contribution >= 0.6 is 9.24 Å². The molecule has 1 aliphatic heterocycles. The molecular weight excluding hydrogens is 159 g/mol. The van der Waals surface area contributed by atoms with Crippen LogP contribution < -0.4 is 4.90 Å². The van der Waals surface area contributed by atoms with Crippen LogP contribution in [0.25, 0.3) is 0 Å². The highest BCUT2D eigenvalue weighted by molar-refractivity contribution is 7.16. The van der Waals surface area contributed by atoms with Gasteiger partial charge in [0.15, 0.2) is 0 Å². The highest BCUT2D eigenvalue weighted by atomic mass is 31.0. The van der Waals surface area contributed by atoms with Crippen molar-refractivity contribution in [2.24, 2.45) is 0 Å². The third kappa shape index (κ3) is 1.11. The van der Waals surface area contributed by atoms with E-state index in [1.165, 1.54) is 6.42 Å². The Morgan fingerprint density at radius 1 is 1.55 bits per heavy atom. The largest absolute Gasteiger partial charge is 0.337 e. The van der Waals surface area contributed by atoms with E-state index in [2.05, 4.69) is 28.9 Å². The van der Waals surface area contributed by atoms with E-state index < -0.39 is 0 Å². The second kappa shape index (κ2) is 2.78. The summed E-state index contributed by atoms with van der Waals surface area (Å²) in [5, 5.41) is 7.90. The molecule has 1 aromatic heterocycles. The molecule has 2 heterocycles. The smallest absolute Gasteiger partial charge is 0.227 e. The van der Waals surface area contributed by atoms with Crippen LogP contribution in [0.2, 0.25) is 0 Å². The maximum absolute atomic E-state index is 4.03. The lowest BCUT2D eigenvalue weighted by Gasteiger charge is -2.26. The molecule has 0 aliphatic carbocycles. The summed E-state index contributed by atoms with van der Waals surface area (Å²) in [5.74, 6) is 1.01. The van der Waals surface area contributed by atoms with Crippen molar-refractivity contribution in [3.63, 3.8) is 0 Å². The lowest BCUT2D eigenvalue weighted by molar-refractivity contribution is 0.575. The van der Waals surface area contributed by atoms with E-state index in [1.54, 1.807) is 6.33 Å². The van der Waals surface area contributed by atoms with Gasteiger partial charge in [0.2, 0.25) is 5.95 Å². The molecule has 0 aromatic carbocycles. The fourth-order valence-electron chi connectivity index (χ4n) is 1.36. The molecule has 11 heavy (non-hydrogen) atoms. The lowest BCUT2D eigenvalue weighted by Crippen LogP contribution is -2.30. The minimum absolute atomic E-state index is 0.943. The number of nitrogens with zero attached hydrogens (tertiary/aromatic N) is 4. The van der Waals surface area contributed by atoms with Gasteiger partial charge in [0.1, 0.15) is 6.33 Å². The standard InChI is InChI=1S/C6H11N4P/c11-5-10-3-1-2-9-4-7-8-6(9)10/h4H,1-3,5,11H2. The van der Waals surface area contributed by atoms with Crippen molar-refractivity contribution in [1.82, 2.24) is 14.8 Å². The molecule has 1 atom stereocenters. The van der Waals surface area contributed by atoms with E-state index in [4.69, 9.17) is 0 Å². The van der Waals surface area contributed by atoms with E-state index in [1.807, 2.05) is 0 Å². The molecule has 4 nitrogen and oxygen atoms in total. The minimum atomic E-state index is 0.943. The van der Waals surface area contributed by atoms with Crippen molar-refractivity contribution in [1.29, 1.82) is 0 Å². The van der Waals surface area contributed by atoms with Crippen molar-refractivity contribution in [3.05, 3.63) is 6.33 Å². The summed E-state index contributed by atoms with van der Waals surface area (Å²) < 4.78 is 2.09. The van der Waals surface area contributed by atoms with Gasteiger partial charge in [0.25, 0.3) is 0 Å². The molecule has 1 aromatic rings. The Morgan fingerprint density at radius 3 is 3.27 bits per heavy atom.